The standard InChI is InChI=1S/C14H13N3O4S/c1-21-9-10-7-13(18)17-14(16-10)12(8-15-17)22(19,20)11-5-3-2-4-6-11/h2-8,15H,9H2,1H3. The fourth-order valence-corrected chi connectivity index (χ4v) is 3.51. The van der Waals surface area contributed by atoms with Crippen molar-refractivity contribution in [2.75, 3.05) is 7.11 Å². The first-order chi connectivity index (χ1) is 10.5. The Kier molecular flexibility index (Phi) is 3.55. The Hall–Kier alpha value is -2.45. The zero-order chi connectivity index (χ0) is 15.7. The Morgan fingerprint density at radius 2 is 2.00 bits per heavy atom. The summed E-state index contributed by atoms with van der Waals surface area (Å²) in [5.41, 5.74) is 0.0339. The number of aromatic amines is 1. The van der Waals surface area contributed by atoms with Gasteiger partial charge in [-0.1, -0.05) is 18.2 Å². The van der Waals surface area contributed by atoms with Crippen molar-refractivity contribution < 1.29 is 13.2 Å². The van der Waals surface area contributed by atoms with Crippen molar-refractivity contribution >= 4 is 15.5 Å². The van der Waals surface area contributed by atoms with Crippen molar-refractivity contribution in [1.82, 2.24) is 14.6 Å². The van der Waals surface area contributed by atoms with Gasteiger partial charge in [-0.05, 0) is 12.1 Å². The van der Waals surface area contributed by atoms with Crippen LogP contribution in [0.15, 0.2) is 57.2 Å². The minimum absolute atomic E-state index is 0.0475. The highest BCUT2D eigenvalue weighted by molar-refractivity contribution is 7.91. The molecule has 0 spiro atoms. The number of hydrogen-bond acceptors (Lipinski definition) is 5. The molecule has 1 aromatic carbocycles. The SMILES string of the molecule is COCc1cc(=O)n2[nH]cc(S(=O)(=O)c3ccccc3)c2n1. The molecule has 0 saturated carbocycles. The highest BCUT2D eigenvalue weighted by Crippen LogP contribution is 2.23. The average molecular weight is 319 g/mol. The van der Waals surface area contributed by atoms with Crippen molar-refractivity contribution in [2.45, 2.75) is 16.4 Å². The number of hydrogen-bond donors (Lipinski definition) is 1. The fraction of sp³-hybridized carbons (Fsp3) is 0.143. The molecule has 0 aliphatic carbocycles. The summed E-state index contributed by atoms with van der Waals surface area (Å²) in [6, 6.07) is 9.29. The van der Waals surface area contributed by atoms with Crippen molar-refractivity contribution in [2.24, 2.45) is 0 Å². The molecule has 0 bridgehead atoms. The lowest BCUT2D eigenvalue weighted by Crippen LogP contribution is -2.16. The third-order valence-corrected chi connectivity index (χ3v) is 4.92. The number of aromatic nitrogens is 3. The maximum atomic E-state index is 12.7. The van der Waals surface area contributed by atoms with E-state index in [2.05, 4.69) is 10.1 Å². The van der Waals surface area contributed by atoms with E-state index in [1.165, 1.54) is 31.5 Å². The number of methoxy groups -OCH3 is 1. The molecule has 3 rings (SSSR count). The van der Waals surface area contributed by atoms with Gasteiger partial charge in [0.1, 0.15) is 4.90 Å². The van der Waals surface area contributed by atoms with Crippen molar-refractivity contribution in [3.8, 4) is 0 Å². The van der Waals surface area contributed by atoms with Crippen molar-refractivity contribution in [3.05, 3.63) is 58.6 Å². The minimum Gasteiger partial charge on any atom is -0.378 e. The third kappa shape index (κ3) is 2.32. The van der Waals surface area contributed by atoms with Crippen LogP contribution in [0.3, 0.4) is 0 Å². The Morgan fingerprint density at radius 1 is 1.27 bits per heavy atom. The summed E-state index contributed by atoms with van der Waals surface area (Å²) in [6.45, 7) is 0.127. The van der Waals surface area contributed by atoms with Crippen molar-refractivity contribution in [1.29, 1.82) is 0 Å². The predicted octanol–water partition coefficient (Wildman–Crippen LogP) is 1.00. The molecule has 2 heterocycles. The molecule has 0 radical (unpaired) electrons. The van der Waals surface area contributed by atoms with Crippen LogP contribution in [-0.4, -0.2) is 30.1 Å². The highest BCUT2D eigenvalue weighted by atomic mass is 32.2. The van der Waals surface area contributed by atoms with Gasteiger partial charge in [-0.25, -0.2) is 17.9 Å². The molecule has 0 fully saturated rings. The first-order valence-corrected chi connectivity index (χ1v) is 7.91. The van der Waals surface area contributed by atoms with Crippen LogP contribution in [0.5, 0.6) is 0 Å². The molecule has 114 valence electrons. The van der Waals surface area contributed by atoms with Crippen LogP contribution in [0.25, 0.3) is 5.65 Å². The molecule has 7 nitrogen and oxygen atoms in total. The lowest BCUT2D eigenvalue weighted by Gasteiger charge is -2.03. The molecule has 0 aliphatic rings. The molecule has 0 amide bonds. The summed E-state index contributed by atoms with van der Waals surface area (Å²) in [5.74, 6) is 0. The molecule has 3 aromatic rings. The summed E-state index contributed by atoms with van der Waals surface area (Å²) in [6.07, 6.45) is 1.27. The lowest BCUT2D eigenvalue weighted by atomic mass is 10.4. The Balaban J connectivity index is 2.26. The van der Waals surface area contributed by atoms with Gasteiger partial charge in [0, 0.05) is 19.4 Å². The molecule has 0 aliphatic heterocycles. The van der Waals surface area contributed by atoms with E-state index in [-0.39, 0.29) is 22.0 Å². The molecule has 22 heavy (non-hydrogen) atoms. The van der Waals surface area contributed by atoms with E-state index < -0.39 is 15.4 Å². The van der Waals surface area contributed by atoms with Crippen LogP contribution < -0.4 is 5.56 Å². The van der Waals surface area contributed by atoms with Crippen molar-refractivity contribution in [3.63, 3.8) is 0 Å². The van der Waals surface area contributed by atoms with Gasteiger partial charge in [-0.2, -0.15) is 0 Å². The Morgan fingerprint density at radius 3 is 2.68 bits per heavy atom. The predicted molar refractivity (Wildman–Crippen MR) is 78.4 cm³/mol. The maximum Gasteiger partial charge on any atom is 0.273 e. The van der Waals surface area contributed by atoms with Gasteiger partial charge in [-0.3, -0.25) is 9.89 Å². The van der Waals surface area contributed by atoms with E-state index in [0.717, 1.165) is 4.52 Å². The second-order valence-electron chi connectivity index (χ2n) is 4.63. The molecular weight excluding hydrogens is 306 g/mol. The van der Waals surface area contributed by atoms with Crippen LogP contribution in [0.2, 0.25) is 0 Å². The number of benzene rings is 1. The number of fused-ring (bicyclic) bond motifs is 1. The van der Waals surface area contributed by atoms with Gasteiger partial charge >= 0.3 is 0 Å². The van der Waals surface area contributed by atoms with Gasteiger partial charge in [0.25, 0.3) is 5.56 Å². The largest absolute Gasteiger partial charge is 0.378 e. The minimum atomic E-state index is -3.76. The number of rotatable bonds is 4. The van der Waals surface area contributed by atoms with Gasteiger partial charge in [0.05, 0.1) is 17.2 Å². The molecule has 0 saturated heterocycles. The number of ether oxygens (including phenoxy) is 1. The summed E-state index contributed by atoms with van der Waals surface area (Å²) >= 11 is 0. The summed E-state index contributed by atoms with van der Waals surface area (Å²) < 4.78 is 31.4. The Labute approximate surface area is 126 Å². The van der Waals surface area contributed by atoms with E-state index >= 15 is 0 Å². The number of nitrogens with zero attached hydrogens (tertiary/aromatic N) is 2. The van der Waals surface area contributed by atoms with Crippen LogP contribution in [0.4, 0.5) is 0 Å². The van der Waals surface area contributed by atoms with E-state index in [4.69, 9.17) is 4.74 Å². The fourth-order valence-electron chi connectivity index (χ4n) is 2.15. The molecular formula is C14H13N3O4S. The second-order valence-corrected chi connectivity index (χ2v) is 6.55. The van der Waals surface area contributed by atoms with Crippen LogP contribution >= 0.6 is 0 Å². The number of sulfone groups is 1. The van der Waals surface area contributed by atoms with E-state index in [0.29, 0.717) is 5.69 Å². The number of H-pyrrole nitrogens is 1. The molecule has 2 aromatic heterocycles. The summed E-state index contributed by atoms with van der Waals surface area (Å²) in [5, 5.41) is 2.62. The second kappa shape index (κ2) is 5.39. The normalized spacial score (nSPS) is 11.9. The van der Waals surface area contributed by atoms with Crippen LogP contribution in [0.1, 0.15) is 5.69 Å². The topological polar surface area (TPSA) is 93.5 Å². The smallest absolute Gasteiger partial charge is 0.273 e. The summed E-state index contributed by atoms with van der Waals surface area (Å²) in [4.78, 5) is 16.3. The van der Waals surface area contributed by atoms with E-state index in [9.17, 15) is 13.2 Å². The monoisotopic (exact) mass is 319 g/mol. The molecule has 0 unspecified atom stereocenters. The van der Waals surface area contributed by atoms with Gasteiger partial charge in [0.2, 0.25) is 9.84 Å². The summed E-state index contributed by atoms with van der Waals surface area (Å²) in [7, 11) is -2.29. The zero-order valence-corrected chi connectivity index (χ0v) is 12.5. The van der Waals surface area contributed by atoms with E-state index in [1.54, 1.807) is 18.2 Å². The molecule has 1 N–H and O–H groups in total. The first-order valence-electron chi connectivity index (χ1n) is 6.43. The maximum absolute atomic E-state index is 12.7. The molecule has 0 atom stereocenters. The van der Waals surface area contributed by atoms with E-state index in [1.807, 2.05) is 0 Å². The lowest BCUT2D eigenvalue weighted by molar-refractivity contribution is 0.181. The van der Waals surface area contributed by atoms with Gasteiger partial charge in [0.15, 0.2) is 5.65 Å². The number of nitrogens with one attached hydrogen (secondary N) is 1. The Bertz CT molecular complexity index is 974. The van der Waals surface area contributed by atoms with Gasteiger partial charge < -0.3 is 4.74 Å². The quantitative estimate of drug-likeness (QED) is 0.774. The van der Waals surface area contributed by atoms with Gasteiger partial charge in [-0.15, -0.1) is 0 Å². The third-order valence-electron chi connectivity index (χ3n) is 3.15. The highest BCUT2D eigenvalue weighted by Gasteiger charge is 2.23. The average Bonchev–Trinajstić information content (AvgIpc) is 2.94. The van der Waals surface area contributed by atoms with Crippen LogP contribution in [0, 0.1) is 0 Å². The zero-order valence-electron chi connectivity index (χ0n) is 11.7. The van der Waals surface area contributed by atoms with Crippen LogP contribution in [-0.2, 0) is 21.2 Å². The first kappa shape index (κ1) is 14.5. The molecule has 8 heteroatoms.